The molecule has 3 heterocycles. The van der Waals surface area contributed by atoms with Crippen LogP contribution in [-0.4, -0.2) is 15.5 Å². The molecule has 1 amide bonds. The summed E-state index contributed by atoms with van der Waals surface area (Å²) in [4.78, 5) is 18.1. The number of hydrogen-bond donors (Lipinski definition) is 1. The molecule has 0 bridgehead atoms. The lowest BCUT2D eigenvalue weighted by molar-refractivity contribution is 0.0942. The van der Waals surface area contributed by atoms with Gasteiger partial charge in [0.05, 0.1) is 29.0 Å². The number of aromatic nitrogens is 2. The van der Waals surface area contributed by atoms with E-state index >= 15 is 0 Å². The fourth-order valence-corrected chi connectivity index (χ4v) is 4.07. The quantitative estimate of drug-likeness (QED) is 0.532. The van der Waals surface area contributed by atoms with Crippen LogP contribution in [0.25, 0.3) is 10.2 Å². The summed E-state index contributed by atoms with van der Waals surface area (Å²) in [6, 6.07) is 12.8. The van der Waals surface area contributed by atoms with Crippen LogP contribution in [0.15, 0.2) is 54.7 Å². The molecule has 1 aromatic carbocycles. The summed E-state index contributed by atoms with van der Waals surface area (Å²) in [5.74, 6) is -1.53. The van der Waals surface area contributed by atoms with E-state index in [0.717, 1.165) is 26.9 Å². The fraction of sp³-hybridized carbons (Fsp3) is 0.143. The lowest BCUT2D eigenvalue weighted by atomic mass is 10.2. The molecule has 7 heteroatoms. The summed E-state index contributed by atoms with van der Waals surface area (Å²) in [7, 11) is 0. The van der Waals surface area contributed by atoms with Gasteiger partial charge in [-0.2, -0.15) is 0 Å². The van der Waals surface area contributed by atoms with Crippen LogP contribution in [-0.2, 0) is 13.1 Å². The van der Waals surface area contributed by atoms with E-state index in [-0.39, 0.29) is 12.5 Å². The van der Waals surface area contributed by atoms with Crippen molar-refractivity contribution in [2.45, 2.75) is 20.0 Å². The zero-order valence-corrected chi connectivity index (χ0v) is 15.9. The minimum Gasteiger partial charge on any atom is -0.345 e. The molecule has 0 atom stereocenters. The van der Waals surface area contributed by atoms with Gasteiger partial charge in [0, 0.05) is 22.7 Å². The minimum absolute atomic E-state index is 0.137. The van der Waals surface area contributed by atoms with Crippen molar-refractivity contribution >= 4 is 27.5 Å². The second kappa shape index (κ2) is 7.52. The summed E-state index contributed by atoms with van der Waals surface area (Å²) >= 11 is 1.57. The summed E-state index contributed by atoms with van der Waals surface area (Å²) < 4.78 is 30.1. The largest absolute Gasteiger partial charge is 0.345 e. The van der Waals surface area contributed by atoms with Crippen molar-refractivity contribution in [2.24, 2.45) is 0 Å². The molecule has 28 heavy (non-hydrogen) atoms. The van der Waals surface area contributed by atoms with Crippen molar-refractivity contribution < 1.29 is 13.6 Å². The number of fused-ring (bicyclic) bond motifs is 1. The highest BCUT2D eigenvalue weighted by Gasteiger charge is 2.18. The molecule has 1 N–H and O–H groups in total. The van der Waals surface area contributed by atoms with E-state index in [1.807, 2.05) is 37.3 Å². The van der Waals surface area contributed by atoms with Gasteiger partial charge in [0.1, 0.15) is 17.3 Å². The van der Waals surface area contributed by atoms with Gasteiger partial charge >= 0.3 is 0 Å². The summed E-state index contributed by atoms with van der Waals surface area (Å²) in [5, 5.41) is 2.86. The molecular formula is C21H17F2N3OS. The predicted octanol–water partition coefficient (Wildman–Crippen LogP) is 4.66. The van der Waals surface area contributed by atoms with E-state index in [4.69, 9.17) is 0 Å². The van der Waals surface area contributed by atoms with Crippen molar-refractivity contribution in [1.82, 2.24) is 14.9 Å². The second-order valence-electron chi connectivity index (χ2n) is 6.46. The monoisotopic (exact) mass is 397 g/mol. The average Bonchev–Trinajstić information content (AvgIpc) is 3.19. The molecule has 3 aromatic heterocycles. The highest BCUT2D eigenvalue weighted by molar-refractivity contribution is 7.19. The van der Waals surface area contributed by atoms with Gasteiger partial charge in [0.15, 0.2) is 0 Å². The number of amides is 1. The molecule has 0 unspecified atom stereocenters. The molecule has 4 rings (SSSR count). The topological polar surface area (TPSA) is 46.9 Å². The number of nitrogens with one attached hydrogen (secondary N) is 1. The molecule has 0 aliphatic heterocycles. The molecule has 4 nitrogen and oxygen atoms in total. The number of hydrogen-bond acceptors (Lipinski definition) is 3. The molecule has 4 aromatic rings. The van der Waals surface area contributed by atoms with Crippen molar-refractivity contribution in [1.29, 1.82) is 0 Å². The second-order valence-corrected chi connectivity index (χ2v) is 7.75. The smallest absolute Gasteiger partial charge is 0.268 e. The Morgan fingerprint density at radius 1 is 1.18 bits per heavy atom. The Kier molecular flexibility index (Phi) is 4.92. The molecule has 0 saturated carbocycles. The Labute approximate surface area is 164 Å². The molecule has 142 valence electrons. The van der Waals surface area contributed by atoms with Crippen LogP contribution >= 0.6 is 11.3 Å². The van der Waals surface area contributed by atoms with Gasteiger partial charge in [-0.1, -0.05) is 12.1 Å². The Morgan fingerprint density at radius 2 is 2.04 bits per heavy atom. The Bertz CT molecular complexity index is 1150. The maximum atomic E-state index is 14.2. The number of thiophene rings is 1. The Balaban J connectivity index is 1.66. The number of nitrogens with zero attached hydrogens (tertiary/aromatic N) is 2. The van der Waals surface area contributed by atoms with Gasteiger partial charge in [0.25, 0.3) is 5.91 Å². The number of rotatable bonds is 5. The summed E-state index contributed by atoms with van der Waals surface area (Å²) in [5.41, 5.74) is 2.35. The third kappa shape index (κ3) is 3.66. The van der Waals surface area contributed by atoms with Crippen molar-refractivity contribution in [3.63, 3.8) is 0 Å². The van der Waals surface area contributed by atoms with E-state index in [1.54, 1.807) is 22.1 Å². The molecule has 0 aliphatic rings. The molecule has 0 aliphatic carbocycles. The first kappa shape index (κ1) is 18.3. The van der Waals surface area contributed by atoms with E-state index in [2.05, 4.69) is 10.3 Å². The van der Waals surface area contributed by atoms with Gasteiger partial charge in [-0.05, 0) is 37.3 Å². The predicted molar refractivity (Wildman–Crippen MR) is 105 cm³/mol. The maximum Gasteiger partial charge on any atom is 0.268 e. The number of carbonyl (C=O) groups excluding carboxylic acids is 1. The first-order chi connectivity index (χ1) is 13.5. The molecule has 0 fully saturated rings. The van der Waals surface area contributed by atoms with Crippen LogP contribution in [0.2, 0.25) is 0 Å². The van der Waals surface area contributed by atoms with Crippen molar-refractivity contribution in [2.75, 3.05) is 0 Å². The van der Waals surface area contributed by atoms with Crippen LogP contribution < -0.4 is 5.32 Å². The van der Waals surface area contributed by atoms with Gasteiger partial charge in [0.2, 0.25) is 0 Å². The van der Waals surface area contributed by atoms with Gasteiger partial charge in [-0.15, -0.1) is 11.3 Å². The van der Waals surface area contributed by atoms with Crippen LogP contribution in [0, 0.1) is 18.6 Å². The number of halogens is 2. The first-order valence-corrected chi connectivity index (χ1v) is 9.54. The highest BCUT2D eigenvalue weighted by Crippen LogP contribution is 2.30. The van der Waals surface area contributed by atoms with Crippen LogP contribution in [0.1, 0.15) is 26.6 Å². The zero-order chi connectivity index (χ0) is 19.7. The van der Waals surface area contributed by atoms with E-state index in [9.17, 15) is 13.6 Å². The van der Waals surface area contributed by atoms with Crippen LogP contribution in [0.5, 0.6) is 0 Å². The summed E-state index contributed by atoms with van der Waals surface area (Å²) in [6.07, 6.45) is 1.67. The van der Waals surface area contributed by atoms with Gasteiger partial charge in [-0.25, -0.2) is 8.78 Å². The Hall–Kier alpha value is -3.06. The number of pyridine rings is 1. The number of benzene rings is 1. The highest BCUT2D eigenvalue weighted by atomic mass is 32.1. The number of aryl methyl sites for hydroxylation is 1. The van der Waals surface area contributed by atoms with E-state index in [0.29, 0.717) is 17.8 Å². The zero-order valence-electron chi connectivity index (χ0n) is 15.1. The van der Waals surface area contributed by atoms with Gasteiger partial charge in [-0.3, -0.25) is 9.78 Å². The number of carbonyl (C=O) groups is 1. The maximum absolute atomic E-state index is 14.2. The van der Waals surface area contributed by atoms with E-state index in [1.165, 1.54) is 12.1 Å². The fourth-order valence-electron chi connectivity index (χ4n) is 3.11. The summed E-state index contributed by atoms with van der Waals surface area (Å²) in [6.45, 7) is 2.41. The Morgan fingerprint density at radius 3 is 2.79 bits per heavy atom. The van der Waals surface area contributed by atoms with E-state index < -0.39 is 11.6 Å². The SMILES string of the molecule is Cc1cc2c(cc(C(=O)NCc3ccccn3)n2Cc2ccc(F)cc2F)s1. The van der Waals surface area contributed by atoms with Crippen molar-refractivity contribution in [3.05, 3.63) is 88.2 Å². The lowest BCUT2D eigenvalue weighted by Crippen LogP contribution is -2.26. The third-order valence-corrected chi connectivity index (χ3v) is 5.43. The normalized spacial score (nSPS) is 11.1. The van der Waals surface area contributed by atoms with Crippen LogP contribution in [0.3, 0.4) is 0 Å². The first-order valence-electron chi connectivity index (χ1n) is 8.73. The van der Waals surface area contributed by atoms with Crippen molar-refractivity contribution in [3.8, 4) is 0 Å². The average molecular weight is 397 g/mol. The van der Waals surface area contributed by atoms with Crippen LogP contribution in [0.4, 0.5) is 8.78 Å². The molecule has 0 saturated heterocycles. The standard InChI is InChI=1S/C21H17F2N3OS/c1-13-8-18-20(28-13)10-19(21(27)25-11-16-4-2-3-7-24-16)26(18)12-14-5-6-15(22)9-17(14)23/h2-10H,11-12H2,1H3,(H,25,27). The van der Waals surface area contributed by atoms with Gasteiger partial charge < -0.3 is 9.88 Å². The molecule has 0 spiro atoms. The third-order valence-electron chi connectivity index (χ3n) is 4.45. The molecular weight excluding hydrogens is 380 g/mol. The minimum atomic E-state index is -0.631. The molecule has 0 radical (unpaired) electrons. The lowest BCUT2D eigenvalue weighted by Gasteiger charge is -2.12.